The number of anilines is 1. The highest BCUT2D eigenvalue weighted by Gasteiger charge is 2.24. The standard InChI is InChI=1S/C17H19N5O2/c1-3-20-17(23)16-14(18)11-6-4-5-10(15(11)21-22-16)12-9-19-8-7-13(12)24-2/h4-9,21-22H,3,18H2,1-2H3,(H,20,23). The molecule has 0 unspecified atom stereocenters. The van der Waals surface area contributed by atoms with Gasteiger partial charge in [0.2, 0.25) is 0 Å². The second-order valence-electron chi connectivity index (χ2n) is 5.20. The number of benzene rings is 1. The Balaban J connectivity index is 2.12. The molecule has 124 valence electrons. The number of pyridine rings is 1. The monoisotopic (exact) mass is 325 g/mol. The van der Waals surface area contributed by atoms with Gasteiger partial charge in [-0.1, -0.05) is 18.2 Å². The van der Waals surface area contributed by atoms with Crippen molar-refractivity contribution in [2.75, 3.05) is 19.1 Å². The Labute approximate surface area is 139 Å². The van der Waals surface area contributed by atoms with Crippen molar-refractivity contribution < 1.29 is 9.53 Å². The minimum atomic E-state index is -0.252. The van der Waals surface area contributed by atoms with Gasteiger partial charge in [-0.3, -0.25) is 20.6 Å². The molecule has 24 heavy (non-hydrogen) atoms. The molecule has 0 aliphatic carbocycles. The van der Waals surface area contributed by atoms with Gasteiger partial charge in [-0.05, 0) is 13.0 Å². The summed E-state index contributed by atoms with van der Waals surface area (Å²) in [7, 11) is 1.61. The normalized spacial score (nSPS) is 12.8. The van der Waals surface area contributed by atoms with Gasteiger partial charge in [-0.25, -0.2) is 0 Å². The average molecular weight is 325 g/mol. The minimum Gasteiger partial charge on any atom is -0.496 e. The van der Waals surface area contributed by atoms with Crippen molar-refractivity contribution in [1.29, 1.82) is 0 Å². The van der Waals surface area contributed by atoms with Crippen LogP contribution in [0.5, 0.6) is 5.75 Å². The highest BCUT2D eigenvalue weighted by molar-refractivity contribution is 6.04. The lowest BCUT2D eigenvalue weighted by atomic mass is 9.97. The third kappa shape index (κ3) is 2.60. The fourth-order valence-corrected chi connectivity index (χ4v) is 2.65. The molecule has 0 spiro atoms. The van der Waals surface area contributed by atoms with Gasteiger partial charge in [0.05, 0.1) is 18.5 Å². The molecule has 1 aliphatic rings. The first-order chi connectivity index (χ1) is 11.7. The van der Waals surface area contributed by atoms with E-state index in [9.17, 15) is 4.79 Å². The Kier molecular flexibility index (Phi) is 4.24. The van der Waals surface area contributed by atoms with Crippen LogP contribution in [0.2, 0.25) is 0 Å². The van der Waals surface area contributed by atoms with Crippen LogP contribution in [0, 0.1) is 0 Å². The van der Waals surface area contributed by atoms with Crippen molar-refractivity contribution >= 4 is 17.3 Å². The lowest BCUT2D eigenvalue weighted by Crippen LogP contribution is -2.39. The van der Waals surface area contributed by atoms with E-state index < -0.39 is 0 Å². The van der Waals surface area contributed by atoms with E-state index in [1.54, 1.807) is 25.6 Å². The van der Waals surface area contributed by atoms with Crippen LogP contribution in [0.25, 0.3) is 16.8 Å². The summed E-state index contributed by atoms with van der Waals surface area (Å²) in [5.41, 5.74) is 16.1. The molecule has 0 atom stereocenters. The fraction of sp³-hybridized carbons (Fsp3) is 0.176. The molecule has 0 saturated heterocycles. The van der Waals surface area contributed by atoms with Gasteiger partial charge in [0, 0.05) is 35.6 Å². The number of fused-ring (bicyclic) bond motifs is 1. The third-order valence-electron chi connectivity index (χ3n) is 3.79. The summed E-state index contributed by atoms with van der Waals surface area (Å²) in [6.07, 6.45) is 3.40. The maximum absolute atomic E-state index is 12.1. The topological polar surface area (TPSA) is 101 Å². The molecule has 3 rings (SSSR count). The molecule has 7 nitrogen and oxygen atoms in total. The highest BCUT2D eigenvalue weighted by atomic mass is 16.5. The second kappa shape index (κ2) is 6.49. The molecule has 2 heterocycles. The largest absolute Gasteiger partial charge is 0.496 e. The van der Waals surface area contributed by atoms with Crippen molar-refractivity contribution in [1.82, 2.24) is 15.7 Å². The molecular formula is C17H19N5O2. The summed E-state index contributed by atoms with van der Waals surface area (Å²) >= 11 is 0. The molecule has 7 heteroatoms. The first kappa shape index (κ1) is 15.7. The van der Waals surface area contributed by atoms with Crippen LogP contribution in [0.4, 0.5) is 5.69 Å². The number of methoxy groups -OCH3 is 1. The Bertz CT molecular complexity index is 816. The zero-order valence-corrected chi connectivity index (χ0v) is 13.5. The number of hydrogen-bond acceptors (Lipinski definition) is 6. The Morgan fingerprint density at radius 1 is 1.25 bits per heavy atom. The number of likely N-dealkylation sites (N-methyl/N-ethyl adjacent to an activating group) is 1. The molecule has 0 saturated carbocycles. The molecule has 0 radical (unpaired) electrons. The predicted molar refractivity (Wildman–Crippen MR) is 92.8 cm³/mol. The number of nitrogens with one attached hydrogen (secondary N) is 3. The van der Waals surface area contributed by atoms with Crippen LogP contribution in [0.3, 0.4) is 0 Å². The second-order valence-corrected chi connectivity index (χ2v) is 5.20. The van der Waals surface area contributed by atoms with Gasteiger partial charge in [0.1, 0.15) is 11.4 Å². The van der Waals surface area contributed by atoms with Gasteiger partial charge in [-0.15, -0.1) is 0 Å². The number of ether oxygens (including phenoxy) is 1. The van der Waals surface area contributed by atoms with Crippen molar-refractivity contribution in [2.45, 2.75) is 6.92 Å². The lowest BCUT2D eigenvalue weighted by molar-refractivity contribution is -0.117. The Morgan fingerprint density at radius 3 is 2.79 bits per heavy atom. The van der Waals surface area contributed by atoms with Crippen molar-refractivity contribution in [3.05, 3.63) is 47.9 Å². The maximum Gasteiger partial charge on any atom is 0.271 e. The molecule has 0 bridgehead atoms. The molecule has 1 aliphatic heterocycles. The Hall–Kier alpha value is -3.22. The number of nitrogens with two attached hydrogens (primary N) is 1. The summed E-state index contributed by atoms with van der Waals surface area (Å²) in [4.78, 5) is 16.3. The van der Waals surface area contributed by atoms with E-state index in [1.807, 2.05) is 25.1 Å². The zero-order valence-electron chi connectivity index (χ0n) is 13.5. The summed E-state index contributed by atoms with van der Waals surface area (Å²) < 4.78 is 5.41. The van der Waals surface area contributed by atoms with Crippen molar-refractivity contribution in [2.24, 2.45) is 5.73 Å². The number of amides is 1. The number of carbonyl (C=O) groups excluding carboxylic acids is 1. The van der Waals surface area contributed by atoms with Crippen LogP contribution in [-0.4, -0.2) is 24.5 Å². The van der Waals surface area contributed by atoms with Gasteiger partial charge in [-0.2, -0.15) is 0 Å². The molecule has 1 amide bonds. The number of hydrazine groups is 1. The van der Waals surface area contributed by atoms with Crippen LogP contribution in [-0.2, 0) is 4.79 Å². The van der Waals surface area contributed by atoms with E-state index in [0.717, 1.165) is 22.4 Å². The van der Waals surface area contributed by atoms with E-state index >= 15 is 0 Å². The molecule has 0 fully saturated rings. The van der Waals surface area contributed by atoms with Gasteiger partial charge in [0.15, 0.2) is 0 Å². The maximum atomic E-state index is 12.1. The summed E-state index contributed by atoms with van der Waals surface area (Å²) in [5, 5.41) is 2.73. The van der Waals surface area contributed by atoms with E-state index in [-0.39, 0.29) is 5.91 Å². The molecular weight excluding hydrogens is 306 g/mol. The number of rotatable bonds is 4. The van der Waals surface area contributed by atoms with Gasteiger partial charge in [0.25, 0.3) is 5.91 Å². The number of nitrogens with zero attached hydrogens (tertiary/aromatic N) is 1. The van der Waals surface area contributed by atoms with Crippen molar-refractivity contribution in [3.63, 3.8) is 0 Å². The first-order valence-corrected chi connectivity index (χ1v) is 7.59. The molecule has 2 aromatic rings. The SMILES string of the molecule is CCNC(=O)C1=C(N)c2cccc(-c3cnccc3OC)c2NN1. The van der Waals surface area contributed by atoms with Crippen LogP contribution in [0.15, 0.2) is 42.4 Å². The number of para-hydroxylation sites is 1. The minimum absolute atomic E-state index is 0.252. The Morgan fingerprint density at radius 2 is 2.04 bits per heavy atom. The van der Waals surface area contributed by atoms with Crippen LogP contribution in [0.1, 0.15) is 12.5 Å². The van der Waals surface area contributed by atoms with Crippen molar-refractivity contribution in [3.8, 4) is 16.9 Å². The number of aromatic nitrogens is 1. The smallest absolute Gasteiger partial charge is 0.271 e. The van der Waals surface area contributed by atoms with E-state index in [4.69, 9.17) is 10.5 Å². The summed E-state index contributed by atoms with van der Waals surface area (Å²) in [6, 6.07) is 7.49. The first-order valence-electron chi connectivity index (χ1n) is 7.59. The van der Waals surface area contributed by atoms with E-state index in [1.165, 1.54) is 0 Å². The lowest BCUT2D eigenvalue weighted by Gasteiger charge is -2.26. The molecule has 1 aromatic carbocycles. The van der Waals surface area contributed by atoms with E-state index in [0.29, 0.717) is 23.7 Å². The highest BCUT2D eigenvalue weighted by Crippen LogP contribution is 2.39. The fourth-order valence-electron chi connectivity index (χ4n) is 2.65. The zero-order chi connectivity index (χ0) is 17.1. The summed E-state index contributed by atoms with van der Waals surface area (Å²) in [5.74, 6) is 0.454. The summed E-state index contributed by atoms with van der Waals surface area (Å²) in [6.45, 7) is 2.38. The predicted octanol–water partition coefficient (Wildman–Crippen LogP) is 1.45. The van der Waals surface area contributed by atoms with Crippen LogP contribution >= 0.6 is 0 Å². The number of carbonyl (C=O) groups is 1. The molecule has 5 N–H and O–H groups in total. The van der Waals surface area contributed by atoms with Crippen LogP contribution < -0.4 is 26.6 Å². The van der Waals surface area contributed by atoms with Gasteiger partial charge < -0.3 is 15.8 Å². The van der Waals surface area contributed by atoms with Gasteiger partial charge >= 0.3 is 0 Å². The third-order valence-corrected chi connectivity index (χ3v) is 3.79. The molecule has 1 aromatic heterocycles. The number of hydrogen-bond donors (Lipinski definition) is 4. The average Bonchev–Trinajstić information content (AvgIpc) is 2.62. The van der Waals surface area contributed by atoms with E-state index in [2.05, 4.69) is 21.2 Å². The quantitative estimate of drug-likeness (QED) is 0.679.